The summed E-state index contributed by atoms with van der Waals surface area (Å²) >= 11 is 11.1. The highest BCUT2D eigenvalue weighted by Crippen LogP contribution is 2.20. The van der Waals surface area contributed by atoms with Crippen molar-refractivity contribution in [3.8, 4) is 5.75 Å². The highest BCUT2D eigenvalue weighted by molar-refractivity contribution is 7.71. The first-order valence-electron chi connectivity index (χ1n) is 8.23. The van der Waals surface area contributed by atoms with Crippen LogP contribution in [0.25, 0.3) is 0 Å². The van der Waals surface area contributed by atoms with Crippen LogP contribution in [0.4, 0.5) is 5.69 Å². The number of carbonyl (C=O) groups is 1. The maximum absolute atomic E-state index is 12.3. The van der Waals surface area contributed by atoms with E-state index in [0.717, 1.165) is 11.1 Å². The fourth-order valence-electron chi connectivity index (χ4n) is 2.34. The Morgan fingerprint density at radius 2 is 2.00 bits per heavy atom. The highest BCUT2D eigenvalue weighted by Gasteiger charge is 2.12. The molecular weight excluding hydrogens is 386 g/mol. The van der Waals surface area contributed by atoms with Crippen LogP contribution < -0.4 is 10.1 Å². The van der Waals surface area contributed by atoms with Crippen molar-refractivity contribution in [2.45, 2.75) is 27.0 Å². The van der Waals surface area contributed by atoms with E-state index in [1.165, 1.54) is 4.68 Å². The number of aryl methyl sites for hydroxylation is 2. The van der Waals surface area contributed by atoms with Gasteiger partial charge in [-0.2, -0.15) is 0 Å². The zero-order chi connectivity index (χ0) is 19.4. The Morgan fingerprint density at radius 3 is 2.74 bits per heavy atom. The number of amides is 1. The first-order chi connectivity index (χ1) is 12.9. The van der Waals surface area contributed by atoms with Crippen molar-refractivity contribution in [3.63, 3.8) is 0 Å². The molecule has 2 aromatic carbocycles. The molecule has 140 valence electrons. The Kier molecular flexibility index (Phi) is 5.93. The predicted octanol–water partition coefficient (Wildman–Crippen LogP) is 4.69. The number of nitrogens with one attached hydrogen (secondary N) is 1. The van der Waals surface area contributed by atoms with Crippen LogP contribution in [0.3, 0.4) is 0 Å². The molecule has 3 aromatic rings. The summed E-state index contributed by atoms with van der Waals surface area (Å²) in [6.07, 6.45) is 0. The summed E-state index contributed by atoms with van der Waals surface area (Å²) in [5.74, 6) is 0.716. The van der Waals surface area contributed by atoms with E-state index in [2.05, 4.69) is 10.4 Å². The number of anilines is 1. The first kappa shape index (κ1) is 19.1. The average molecular weight is 404 g/mol. The van der Waals surface area contributed by atoms with Crippen LogP contribution in [0.1, 0.15) is 17.0 Å². The first-order valence-corrected chi connectivity index (χ1v) is 9.01. The summed E-state index contributed by atoms with van der Waals surface area (Å²) < 4.78 is 12.3. The van der Waals surface area contributed by atoms with E-state index in [-0.39, 0.29) is 23.9 Å². The maximum atomic E-state index is 12.3. The number of carbonyl (C=O) groups excluding carboxylic acids is 1. The van der Waals surface area contributed by atoms with Gasteiger partial charge in [0, 0.05) is 10.7 Å². The SMILES string of the molecule is Cc1ccc(OCc2nn(CC(=O)Nc3cc(Cl)ccc3C)c(=S)o2)cc1. The molecule has 8 heteroatoms. The Balaban J connectivity index is 1.62. The van der Waals surface area contributed by atoms with E-state index in [1.54, 1.807) is 12.1 Å². The van der Waals surface area contributed by atoms with Crippen LogP contribution in [0.2, 0.25) is 5.02 Å². The van der Waals surface area contributed by atoms with Gasteiger partial charge in [0.15, 0.2) is 6.61 Å². The number of ether oxygens (including phenoxy) is 1. The molecule has 0 radical (unpaired) electrons. The molecule has 0 spiro atoms. The highest BCUT2D eigenvalue weighted by atomic mass is 35.5. The van der Waals surface area contributed by atoms with E-state index < -0.39 is 0 Å². The monoisotopic (exact) mass is 403 g/mol. The largest absolute Gasteiger partial charge is 0.484 e. The Morgan fingerprint density at radius 1 is 1.26 bits per heavy atom. The summed E-state index contributed by atoms with van der Waals surface area (Å²) in [4.78, 5) is 12.4. The molecule has 1 aromatic heterocycles. The Bertz CT molecular complexity index is 1010. The Labute approximate surface area is 166 Å². The van der Waals surface area contributed by atoms with Crippen molar-refractivity contribution in [2.75, 3.05) is 5.32 Å². The standard InChI is InChI=1S/C19H18ClN3O3S/c1-12-3-7-15(8-4-12)25-11-18-22-23(19(27)26-18)10-17(24)21-16-9-14(20)6-5-13(16)2/h3-9H,10-11H2,1-2H3,(H,21,24). The van der Waals surface area contributed by atoms with Crippen LogP contribution in [-0.2, 0) is 17.9 Å². The zero-order valence-corrected chi connectivity index (χ0v) is 16.4. The van der Waals surface area contributed by atoms with Gasteiger partial charge in [0.25, 0.3) is 10.7 Å². The fraction of sp³-hybridized carbons (Fsp3) is 0.211. The molecule has 0 fully saturated rings. The van der Waals surface area contributed by atoms with Gasteiger partial charge in [-0.1, -0.05) is 35.4 Å². The van der Waals surface area contributed by atoms with E-state index in [4.69, 9.17) is 33.0 Å². The summed E-state index contributed by atoms with van der Waals surface area (Å²) in [5.41, 5.74) is 2.69. The summed E-state index contributed by atoms with van der Waals surface area (Å²) in [6, 6.07) is 12.9. The van der Waals surface area contributed by atoms with Crippen molar-refractivity contribution in [1.82, 2.24) is 9.78 Å². The lowest BCUT2D eigenvalue weighted by Crippen LogP contribution is -2.20. The molecule has 1 amide bonds. The van der Waals surface area contributed by atoms with Crippen LogP contribution in [-0.4, -0.2) is 15.7 Å². The predicted molar refractivity (Wildman–Crippen MR) is 106 cm³/mol. The van der Waals surface area contributed by atoms with Gasteiger partial charge in [-0.25, -0.2) is 4.68 Å². The molecule has 0 atom stereocenters. The maximum Gasteiger partial charge on any atom is 0.287 e. The zero-order valence-electron chi connectivity index (χ0n) is 14.9. The van der Waals surface area contributed by atoms with Crippen molar-refractivity contribution in [3.05, 3.63) is 69.3 Å². The second-order valence-electron chi connectivity index (χ2n) is 6.03. The number of aromatic nitrogens is 2. The van der Waals surface area contributed by atoms with Gasteiger partial charge in [-0.05, 0) is 55.9 Å². The number of halogens is 1. The smallest absolute Gasteiger partial charge is 0.287 e. The molecule has 27 heavy (non-hydrogen) atoms. The second kappa shape index (κ2) is 8.37. The van der Waals surface area contributed by atoms with Gasteiger partial charge < -0.3 is 14.5 Å². The molecule has 1 N–H and O–H groups in total. The van der Waals surface area contributed by atoms with Gasteiger partial charge in [0.1, 0.15) is 12.3 Å². The molecule has 3 rings (SSSR count). The average Bonchev–Trinajstić information content (AvgIpc) is 2.97. The third kappa shape index (κ3) is 5.18. The van der Waals surface area contributed by atoms with Gasteiger partial charge in [0.2, 0.25) is 5.91 Å². The van der Waals surface area contributed by atoms with E-state index in [1.807, 2.05) is 44.2 Å². The quantitative estimate of drug-likeness (QED) is 0.604. The third-order valence-electron chi connectivity index (χ3n) is 3.80. The van der Waals surface area contributed by atoms with Crippen LogP contribution in [0.15, 0.2) is 46.9 Å². The van der Waals surface area contributed by atoms with Crippen LogP contribution >= 0.6 is 23.8 Å². The molecule has 1 heterocycles. The summed E-state index contributed by atoms with van der Waals surface area (Å²) in [7, 11) is 0. The number of hydrogen-bond donors (Lipinski definition) is 1. The number of rotatable bonds is 6. The molecule has 0 aliphatic carbocycles. The topological polar surface area (TPSA) is 69.3 Å². The molecule has 0 saturated carbocycles. The normalized spacial score (nSPS) is 10.6. The number of nitrogens with zero attached hydrogens (tertiary/aromatic N) is 2. The molecular formula is C19H18ClN3O3S. The lowest BCUT2D eigenvalue weighted by Gasteiger charge is -2.08. The van der Waals surface area contributed by atoms with Crippen molar-refractivity contribution >= 4 is 35.4 Å². The summed E-state index contributed by atoms with van der Waals surface area (Å²) in [5, 5.41) is 7.54. The summed E-state index contributed by atoms with van der Waals surface area (Å²) in [6.45, 7) is 3.93. The Hall–Kier alpha value is -2.64. The second-order valence-corrected chi connectivity index (χ2v) is 6.81. The van der Waals surface area contributed by atoms with Gasteiger partial charge >= 0.3 is 0 Å². The minimum atomic E-state index is -0.282. The van der Waals surface area contributed by atoms with Gasteiger partial charge in [-0.15, -0.1) is 5.10 Å². The van der Waals surface area contributed by atoms with Crippen molar-refractivity contribution < 1.29 is 13.9 Å². The molecule has 0 saturated heterocycles. The fourth-order valence-corrected chi connectivity index (χ4v) is 2.72. The molecule has 6 nitrogen and oxygen atoms in total. The van der Waals surface area contributed by atoms with Crippen LogP contribution in [0, 0.1) is 18.7 Å². The minimum absolute atomic E-state index is 0.0706. The lowest BCUT2D eigenvalue weighted by molar-refractivity contribution is -0.117. The van der Waals surface area contributed by atoms with E-state index >= 15 is 0 Å². The van der Waals surface area contributed by atoms with E-state index in [0.29, 0.717) is 22.4 Å². The van der Waals surface area contributed by atoms with Gasteiger partial charge in [0.05, 0.1) is 0 Å². The minimum Gasteiger partial charge on any atom is -0.484 e. The molecule has 0 aliphatic heterocycles. The molecule has 0 bridgehead atoms. The molecule has 0 aliphatic rings. The van der Waals surface area contributed by atoms with Crippen molar-refractivity contribution in [2.24, 2.45) is 0 Å². The number of hydrogen-bond acceptors (Lipinski definition) is 5. The number of benzene rings is 2. The van der Waals surface area contributed by atoms with Crippen LogP contribution in [0.5, 0.6) is 5.75 Å². The van der Waals surface area contributed by atoms with Crippen molar-refractivity contribution in [1.29, 1.82) is 0 Å². The van der Waals surface area contributed by atoms with Gasteiger partial charge in [-0.3, -0.25) is 4.79 Å². The molecule has 0 unspecified atom stereocenters. The lowest BCUT2D eigenvalue weighted by atomic mass is 10.2. The third-order valence-corrected chi connectivity index (χ3v) is 4.33. The van der Waals surface area contributed by atoms with E-state index in [9.17, 15) is 4.79 Å².